The molecule has 0 amide bonds. The van der Waals surface area contributed by atoms with Gasteiger partial charge in [0.15, 0.2) is 0 Å². The van der Waals surface area contributed by atoms with Crippen molar-refractivity contribution >= 4 is 16.5 Å². The molecule has 1 atom stereocenters. The third-order valence-corrected chi connectivity index (χ3v) is 3.35. The zero-order valence-corrected chi connectivity index (χ0v) is 11.2. The van der Waals surface area contributed by atoms with Gasteiger partial charge in [-0.2, -0.15) is 0 Å². The van der Waals surface area contributed by atoms with E-state index in [4.69, 9.17) is 4.42 Å². The Morgan fingerprint density at radius 2 is 1.74 bits per heavy atom. The van der Waals surface area contributed by atoms with Gasteiger partial charge in [-0.1, -0.05) is 36.4 Å². The standard InChI is InChI=1S/C17H17NO/c1-12-10-11-17(19-12)13(2)18-16-9-5-7-14-6-3-4-8-15(14)16/h3-11,13,18H,1-2H3. The smallest absolute Gasteiger partial charge is 0.126 e. The van der Waals surface area contributed by atoms with Crippen molar-refractivity contribution in [3.63, 3.8) is 0 Å². The summed E-state index contributed by atoms with van der Waals surface area (Å²) >= 11 is 0. The Hall–Kier alpha value is -2.22. The van der Waals surface area contributed by atoms with E-state index >= 15 is 0 Å². The molecule has 19 heavy (non-hydrogen) atoms. The zero-order valence-electron chi connectivity index (χ0n) is 11.2. The fraction of sp³-hybridized carbons (Fsp3) is 0.176. The molecule has 1 heterocycles. The van der Waals surface area contributed by atoms with Gasteiger partial charge >= 0.3 is 0 Å². The Morgan fingerprint density at radius 1 is 0.947 bits per heavy atom. The number of hydrogen-bond acceptors (Lipinski definition) is 2. The lowest BCUT2D eigenvalue weighted by molar-refractivity contribution is 0.467. The molecular formula is C17H17NO. The van der Waals surface area contributed by atoms with Crippen LogP contribution in [-0.2, 0) is 0 Å². The molecule has 0 saturated heterocycles. The summed E-state index contributed by atoms with van der Waals surface area (Å²) in [6.45, 7) is 4.08. The molecule has 0 aliphatic rings. The average Bonchev–Trinajstić information content (AvgIpc) is 2.86. The Labute approximate surface area is 113 Å². The van der Waals surface area contributed by atoms with Gasteiger partial charge in [0.25, 0.3) is 0 Å². The van der Waals surface area contributed by atoms with Gasteiger partial charge in [-0.25, -0.2) is 0 Å². The van der Waals surface area contributed by atoms with E-state index in [2.05, 4.69) is 54.7 Å². The van der Waals surface area contributed by atoms with E-state index in [0.29, 0.717) is 0 Å². The topological polar surface area (TPSA) is 25.2 Å². The van der Waals surface area contributed by atoms with Crippen LogP contribution >= 0.6 is 0 Å². The van der Waals surface area contributed by atoms with Crippen LogP contribution < -0.4 is 5.32 Å². The van der Waals surface area contributed by atoms with Gasteiger partial charge in [0.1, 0.15) is 11.5 Å². The van der Waals surface area contributed by atoms with Crippen LogP contribution in [0.25, 0.3) is 10.8 Å². The molecule has 1 N–H and O–H groups in total. The van der Waals surface area contributed by atoms with E-state index in [1.165, 1.54) is 10.8 Å². The van der Waals surface area contributed by atoms with Crippen LogP contribution in [0, 0.1) is 6.92 Å². The fourth-order valence-corrected chi connectivity index (χ4v) is 2.34. The molecule has 2 aromatic carbocycles. The molecule has 2 nitrogen and oxygen atoms in total. The Bertz CT molecular complexity index is 694. The molecule has 3 aromatic rings. The van der Waals surface area contributed by atoms with Crippen LogP contribution in [0.1, 0.15) is 24.5 Å². The SMILES string of the molecule is Cc1ccc(C(C)Nc2cccc3ccccc23)o1. The second kappa shape index (κ2) is 4.81. The maximum Gasteiger partial charge on any atom is 0.126 e. The van der Waals surface area contributed by atoms with Crippen molar-refractivity contribution in [3.8, 4) is 0 Å². The first-order valence-corrected chi connectivity index (χ1v) is 6.54. The summed E-state index contributed by atoms with van der Waals surface area (Å²) in [4.78, 5) is 0. The van der Waals surface area contributed by atoms with Crippen molar-refractivity contribution in [1.82, 2.24) is 0 Å². The maximum atomic E-state index is 5.67. The molecule has 1 aromatic heterocycles. The lowest BCUT2D eigenvalue weighted by Gasteiger charge is -2.15. The van der Waals surface area contributed by atoms with E-state index in [9.17, 15) is 0 Å². The first kappa shape index (κ1) is 11.8. The quantitative estimate of drug-likeness (QED) is 0.715. The highest BCUT2D eigenvalue weighted by atomic mass is 16.3. The number of anilines is 1. The van der Waals surface area contributed by atoms with Gasteiger partial charge < -0.3 is 9.73 Å². The number of aryl methyl sites for hydroxylation is 1. The number of benzene rings is 2. The molecule has 0 aliphatic heterocycles. The van der Waals surface area contributed by atoms with Crippen molar-refractivity contribution in [2.75, 3.05) is 5.32 Å². The van der Waals surface area contributed by atoms with Crippen molar-refractivity contribution < 1.29 is 4.42 Å². The predicted octanol–water partition coefficient (Wildman–Crippen LogP) is 4.91. The van der Waals surface area contributed by atoms with E-state index in [-0.39, 0.29) is 6.04 Å². The van der Waals surface area contributed by atoms with E-state index in [1.807, 2.05) is 19.1 Å². The fourth-order valence-electron chi connectivity index (χ4n) is 2.34. The largest absolute Gasteiger partial charge is 0.464 e. The minimum atomic E-state index is 0.152. The number of rotatable bonds is 3. The number of furan rings is 1. The first-order valence-electron chi connectivity index (χ1n) is 6.54. The average molecular weight is 251 g/mol. The van der Waals surface area contributed by atoms with Crippen LogP contribution in [-0.4, -0.2) is 0 Å². The van der Waals surface area contributed by atoms with Crippen LogP contribution in [0.4, 0.5) is 5.69 Å². The van der Waals surface area contributed by atoms with Crippen molar-refractivity contribution in [2.24, 2.45) is 0 Å². The highest BCUT2D eigenvalue weighted by molar-refractivity contribution is 5.93. The maximum absolute atomic E-state index is 5.67. The molecule has 0 fully saturated rings. The molecule has 0 radical (unpaired) electrons. The lowest BCUT2D eigenvalue weighted by atomic mass is 10.1. The highest BCUT2D eigenvalue weighted by Crippen LogP contribution is 2.27. The minimum absolute atomic E-state index is 0.152. The molecule has 1 unspecified atom stereocenters. The van der Waals surface area contributed by atoms with Crippen LogP contribution in [0.15, 0.2) is 59.0 Å². The van der Waals surface area contributed by atoms with E-state index < -0.39 is 0 Å². The van der Waals surface area contributed by atoms with Crippen LogP contribution in [0.5, 0.6) is 0 Å². The van der Waals surface area contributed by atoms with Crippen LogP contribution in [0.3, 0.4) is 0 Å². The third kappa shape index (κ3) is 2.34. The number of hydrogen-bond donors (Lipinski definition) is 1. The van der Waals surface area contributed by atoms with Crippen LogP contribution in [0.2, 0.25) is 0 Å². The summed E-state index contributed by atoms with van der Waals surface area (Å²) < 4.78 is 5.67. The normalized spacial score (nSPS) is 12.5. The monoisotopic (exact) mass is 251 g/mol. The first-order chi connectivity index (χ1) is 9.24. The number of fused-ring (bicyclic) bond motifs is 1. The molecule has 0 spiro atoms. The Kier molecular flexibility index (Phi) is 3.00. The Balaban J connectivity index is 1.93. The van der Waals surface area contributed by atoms with Gasteiger partial charge in [0.2, 0.25) is 0 Å². The van der Waals surface area contributed by atoms with Gasteiger partial charge in [-0.05, 0) is 37.4 Å². The molecular weight excluding hydrogens is 234 g/mol. The van der Waals surface area contributed by atoms with E-state index in [1.54, 1.807) is 0 Å². The summed E-state index contributed by atoms with van der Waals surface area (Å²) in [5.41, 5.74) is 1.14. The summed E-state index contributed by atoms with van der Waals surface area (Å²) in [6.07, 6.45) is 0. The second-order valence-corrected chi connectivity index (χ2v) is 4.84. The summed E-state index contributed by atoms with van der Waals surface area (Å²) in [6, 6.07) is 18.9. The molecule has 2 heteroatoms. The van der Waals surface area contributed by atoms with Gasteiger partial charge in [-0.3, -0.25) is 0 Å². The summed E-state index contributed by atoms with van der Waals surface area (Å²) in [7, 11) is 0. The molecule has 96 valence electrons. The Morgan fingerprint density at radius 3 is 2.53 bits per heavy atom. The van der Waals surface area contributed by atoms with Gasteiger partial charge in [-0.15, -0.1) is 0 Å². The van der Waals surface area contributed by atoms with Crippen molar-refractivity contribution in [2.45, 2.75) is 19.9 Å². The molecule has 0 aliphatic carbocycles. The van der Waals surface area contributed by atoms with E-state index in [0.717, 1.165) is 17.2 Å². The van der Waals surface area contributed by atoms with Crippen molar-refractivity contribution in [1.29, 1.82) is 0 Å². The van der Waals surface area contributed by atoms with Gasteiger partial charge in [0, 0.05) is 11.1 Å². The summed E-state index contributed by atoms with van der Waals surface area (Å²) in [5, 5.41) is 6.00. The lowest BCUT2D eigenvalue weighted by Crippen LogP contribution is -2.05. The van der Waals surface area contributed by atoms with Gasteiger partial charge in [0.05, 0.1) is 6.04 Å². The minimum Gasteiger partial charge on any atom is -0.464 e. The predicted molar refractivity (Wildman–Crippen MR) is 79.4 cm³/mol. The molecule has 0 bridgehead atoms. The zero-order chi connectivity index (χ0) is 13.2. The molecule has 3 rings (SSSR count). The second-order valence-electron chi connectivity index (χ2n) is 4.84. The summed E-state index contributed by atoms with van der Waals surface area (Å²) in [5.74, 6) is 1.91. The van der Waals surface area contributed by atoms with Crippen molar-refractivity contribution in [3.05, 3.63) is 66.1 Å². The number of nitrogens with one attached hydrogen (secondary N) is 1. The molecule has 0 saturated carbocycles. The highest BCUT2D eigenvalue weighted by Gasteiger charge is 2.10. The third-order valence-electron chi connectivity index (χ3n) is 3.35.